The Balaban J connectivity index is 1.90. The number of aryl methyl sites for hydroxylation is 1. The summed E-state index contributed by atoms with van der Waals surface area (Å²) in [6, 6.07) is 5.30. The summed E-state index contributed by atoms with van der Waals surface area (Å²) in [6.45, 7) is 2.66. The number of piperidine rings is 1. The van der Waals surface area contributed by atoms with E-state index in [0.29, 0.717) is 24.4 Å². The van der Waals surface area contributed by atoms with E-state index in [2.05, 4.69) is 4.98 Å². The third-order valence-electron chi connectivity index (χ3n) is 4.50. The van der Waals surface area contributed by atoms with Crippen molar-refractivity contribution in [2.45, 2.75) is 19.8 Å². The normalized spacial score (nSPS) is 18.5. The Kier molecular flexibility index (Phi) is 4.64. The van der Waals surface area contributed by atoms with Gasteiger partial charge in [-0.1, -0.05) is 6.07 Å². The first-order valence-electron chi connectivity index (χ1n) is 8.20. The van der Waals surface area contributed by atoms with Crippen molar-refractivity contribution in [2.24, 2.45) is 5.92 Å². The van der Waals surface area contributed by atoms with Crippen LogP contribution in [0.4, 0.5) is 0 Å². The number of rotatable bonds is 3. The molecule has 134 valence electrons. The van der Waals surface area contributed by atoms with E-state index < -0.39 is 15.4 Å². The first-order chi connectivity index (χ1) is 11.8. The van der Waals surface area contributed by atoms with Crippen molar-refractivity contribution in [3.63, 3.8) is 0 Å². The highest BCUT2D eigenvalue weighted by atomic mass is 32.2. The number of amides is 1. The van der Waals surface area contributed by atoms with Crippen LogP contribution in [-0.4, -0.2) is 53.7 Å². The molecule has 0 saturated carbocycles. The minimum Gasteiger partial charge on any atom is -0.338 e. The first-order valence-corrected chi connectivity index (χ1v) is 10.3. The number of carbonyl (C=O) groups excluding carboxylic acids is 1. The van der Waals surface area contributed by atoms with Crippen LogP contribution in [0.5, 0.6) is 0 Å². The molecule has 0 aromatic carbocycles. The quantitative estimate of drug-likeness (QED) is 0.808. The molecule has 0 aliphatic carbocycles. The largest absolute Gasteiger partial charge is 0.338 e. The average molecular weight is 363 g/mol. The molecule has 1 saturated heterocycles. The zero-order valence-electron chi connectivity index (χ0n) is 14.3. The van der Waals surface area contributed by atoms with E-state index in [1.54, 1.807) is 30.0 Å². The Morgan fingerprint density at radius 2 is 2.12 bits per heavy atom. The second kappa shape index (κ2) is 6.59. The van der Waals surface area contributed by atoms with Gasteiger partial charge >= 0.3 is 0 Å². The third kappa shape index (κ3) is 3.73. The molecule has 0 spiro atoms. The summed E-state index contributed by atoms with van der Waals surface area (Å²) < 4.78 is 24.5. The van der Waals surface area contributed by atoms with Gasteiger partial charge in [0.2, 0.25) is 0 Å². The zero-order valence-corrected chi connectivity index (χ0v) is 15.1. The van der Waals surface area contributed by atoms with Gasteiger partial charge in [0.1, 0.15) is 21.0 Å². The molecule has 1 aliphatic rings. The lowest BCUT2D eigenvalue weighted by molar-refractivity contribution is 0.0682. The van der Waals surface area contributed by atoms with Crippen molar-refractivity contribution < 1.29 is 13.2 Å². The molecule has 25 heavy (non-hydrogen) atoms. The lowest BCUT2D eigenvalue weighted by atomic mass is 9.99. The van der Waals surface area contributed by atoms with Crippen molar-refractivity contribution in [2.75, 3.05) is 25.1 Å². The van der Waals surface area contributed by atoms with Gasteiger partial charge < -0.3 is 4.90 Å². The van der Waals surface area contributed by atoms with Crippen LogP contribution in [0.3, 0.4) is 0 Å². The Morgan fingerprint density at radius 3 is 2.84 bits per heavy atom. The van der Waals surface area contributed by atoms with Crippen LogP contribution in [0.1, 0.15) is 28.9 Å². The minimum atomic E-state index is -3.10. The van der Waals surface area contributed by atoms with Gasteiger partial charge in [-0.25, -0.2) is 13.4 Å². The van der Waals surface area contributed by atoms with Crippen molar-refractivity contribution in [3.8, 4) is 0 Å². The van der Waals surface area contributed by atoms with Crippen molar-refractivity contribution in [1.82, 2.24) is 14.3 Å². The highest BCUT2D eigenvalue weighted by molar-refractivity contribution is 7.90. The van der Waals surface area contributed by atoms with Crippen LogP contribution < -0.4 is 5.56 Å². The van der Waals surface area contributed by atoms with Gasteiger partial charge in [0.25, 0.3) is 11.5 Å². The molecule has 2 aromatic heterocycles. The molecule has 0 unspecified atom stereocenters. The Bertz CT molecular complexity index is 981. The van der Waals surface area contributed by atoms with E-state index in [1.165, 1.54) is 16.9 Å². The van der Waals surface area contributed by atoms with Crippen LogP contribution in [0, 0.1) is 12.8 Å². The van der Waals surface area contributed by atoms with E-state index in [0.717, 1.165) is 12.8 Å². The smallest absolute Gasteiger partial charge is 0.270 e. The monoisotopic (exact) mass is 363 g/mol. The Morgan fingerprint density at radius 1 is 1.36 bits per heavy atom. The topological polar surface area (TPSA) is 88.8 Å². The summed E-state index contributed by atoms with van der Waals surface area (Å²) in [5.74, 6) is -0.413. The number of pyridine rings is 1. The second-order valence-electron chi connectivity index (χ2n) is 6.69. The Hall–Kier alpha value is -2.22. The van der Waals surface area contributed by atoms with Gasteiger partial charge in [0, 0.05) is 31.2 Å². The van der Waals surface area contributed by atoms with Crippen LogP contribution in [0.2, 0.25) is 0 Å². The van der Waals surface area contributed by atoms with Crippen molar-refractivity contribution in [3.05, 3.63) is 46.0 Å². The van der Waals surface area contributed by atoms with Crippen LogP contribution in [-0.2, 0) is 9.84 Å². The number of sulfone groups is 1. The van der Waals surface area contributed by atoms with Gasteiger partial charge in [-0.3, -0.25) is 14.0 Å². The number of fused-ring (bicyclic) bond motifs is 1. The standard InChI is InChI=1S/C17H21N3O4S/c1-12-5-3-7-15-18-9-14(17(22)20(12)15)16(21)19-8-4-6-13(10-19)11-25(2,23)24/h3,5,7,9,13H,4,6,8,10-11H2,1-2H3/t13-/m1/s1. The van der Waals surface area contributed by atoms with Crippen molar-refractivity contribution in [1.29, 1.82) is 0 Å². The zero-order chi connectivity index (χ0) is 18.2. The summed E-state index contributed by atoms with van der Waals surface area (Å²) in [7, 11) is -3.10. The maximum atomic E-state index is 12.8. The van der Waals surface area contributed by atoms with E-state index in [1.807, 2.05) is 0 Å². The number of hydrogen-bond donors (Lipinski definition) is 0. The lowest BCUT2D eigenvalue weighted by Gasteiger charge is -2.32. The van der Waals surface area contributed by atoms with Crippen LogP contribution >= 0.6 is 0 Å². The van der Waals surface area contributed by atoms with Gasteiger partial charge in [0.05, 0.1) is 5.75 Å². The highest BCUT2D eigenvalue weighted by Crippen LogP contribution is 2.19. The molecule has 1 amide bonds. The van der Waals surface area contributed by atoms with Gasteiger partial charge in [-0.15, -0.1) is 0 Å². The molecule has 3 heterocycles. The predicted octanol–water partition coefficient (Wildman–Crippen LogP) is 0.900. The molecule has 0 N–H and O–H groups in total. The molecule has 0 radical (unpaired) electrons. The minimum absolute atomic E-state index is 0.0202. The molecular weight excluding hydrogens is 342 g/mol. The summed E-state index contributed by atoms with van der Waals surface area (Å²) in [5.41, 5.74) is 0.832. The maximum absolute atomic E-state index is 12.8. The maximum Gasteiger partial charge on any atom is 0.270 e. The lowest BCUT2D eigenvalue weighted by Crippen LogP contribution is -2.43. The molecule has 3 rings (SSSR count). The number of carbonyl (C=O) groups is 1. The van der Waals surface area contributed by atoms with Gasteiger partial charge in [-0.05, 0) is 37.8 Å². The number of aromatic nitrogens is 2. The van der Waals surface area contributed by atoms with E-state index in [-0.39, 0.29) is 23.1 Å². The molecule has 0 bridgehead atoms. The summed E-state index contributed by atoms with van der Waals surface area (Å²) in [6.07, 6.45) is 4.02. The summed E-state index contributed by atoms with van der Waals surface area (Å²) >= 11 is 0. The molecular formula is C17H21N3O4S. The van der Waals surface area contributed by atoms with Gasteiger partial charge in [-0.2, -0.15) is 0 Å². The molecule has 1 atom stereocenters. The van der Waals surface area contributed by atoms with E-state index in [4.69, 9.17) is 0 Å². The molecule has 7 nitrogen and oxygen atoms in total. The SMILES string of the molecule is Cc1cccc2ncc(C(=O)N3CCC[C@@H](CS(C)(=O)=O)C3)c(=O)n12. The van der Waals surface area contributed by atoms with Crippen LogP contribution in [0.25, 0.3) is 5.65 Å². The van der Waals surface area contributed by atoms with Crippen molar-refractivity contribution >= 4 is 21.4 Å². The fraction of sp³-hybridized carbons (Fsp3) is 0.471. The first kappa shape index (κ1) is 17.6. The van der Waals surface area contributed by atoms with Gasteiger partial charge in [0.15, 0.2) is 0 Å². The highest BCUT2D eigenvalue weighted by Gasteiger charge is 2.28. The molecule has 2 aromatic rings. The van der Waals surface area contributed by atoms with Crippen LogP contribution in [0.15, 0.2) is 29.2 Å². The predicted molar refractivity (Wildman–Crippen MR) is 94.5 cm³/mol. The number of nitrogens with zero attached hydrogens (tertiary/aromatic N) is 3. The molecule has 1 fully saturated rings. The summed E-state index contributed by atoms with van der Waals surface area (Å²) in [5, 5.41) is 0. The fourth-order valence-electron chi connectivity index (χ4n) is 3.41. The Labute approximate surface area is 146 Å². The molecule has 1 aliphatic heterocycles. The average Bonchev–Trinajstić information content (AvgIpc) is 2.53. The fourth-order valence-corrected chi connectivity index (χ4v) is 4.53. The number of hydrogen-bond acceptors (Lipinski definition) is 5. The third-order valence-corrected chi connectivity index (χ3v) is 5.58. The van der Waals surface area contributed by atoms with E-state index in [9.17, 15) is 18.0 Å². The molecule has 8 heteroatoms. The summed E-state index contributed by atoms with van der Waals surface area (Å²) in [4.78, 5) is 31.3. The number of likely N-dealkylation sites (tertiary alicyclic amines) is 1. The van der Waals surface area contributed by atoms with E-state index >= 15 is 0 Å². The second-order valence-corrected chi connectivity index (χ2v) is 8.87.